The van der Waals surface area contributed by atoms with Gasteiger partial charge in [0, 0.05) is 25.5 Å². The first-order valence-electron chi connectivity index (χ1n) is 6.65. The minimum atomic E-state index is 0.546. The Labute approximate surface area is 129 Å². The van der Waals surface area contributed by atoms with Gasteiger partial charge in [-0.2, -0.15) is 5.26 Å². The predicted octanol–water partition coefficient (Wildman–Crippen LogP) is 1.92. The van der Waals surface area contributed by atoms with E-state index in [4.69, 9.17) is 12.2 Å². The number of hydrogen-bond donors (Lipinski definition) is 3. The molecule has 3 N–H and O–H groups in total. The average molecular weight is 299 g/mol. The van der Waals surface area contributed by atoms with Gasteiger partial charge in [0.05, 0.1) is 11.1 Å². The summed E-state index contributed by atoms with van der Waals surface area (Å²) >= 11 is 4.99. The molecule has 0 bridgehead atoms. The van der Waals surface area contributed by atoms with E-state index in [0.29, 0.717) is 29.6 Å². The number of hydrogen-bond acceptors (Lipinski definition) is 4. The third kappa shape index (κ3) is 3.80. The molecular weight excluding hydrogens is 282 g/mol. The second-order valence-corrected chi connectivity index (χ2v) is 5.03. The molecule has 0 radical (unpaired) electrons. The SMILES string of the molecule is CNC(=S)NCCNc1nc2ccc(C)cc2cc1C#N. The van der Waals surface area contributed by atoms with Crippen molar-refractivity contribution >= 4 is 34.1 Å². The monoisotopic (exact) mass is 299 g/mol. The highest BCUT2D eigenvalue weighted by Crippen LogP contribution is 2.20. The van der Waals surface area contributed by atoms with E-state index >= 15 is 0 Å². The van der Waals surface area contributed by atoms with Gasteiger partial charge in [-0.3, -0.25) is 0 Å². The van der Waals surface area contributed by atoms with Crippen LogP contribution >= 0.6 is 12.2 Å². The zero-order valence-electron chi connectivity index (χ0n) is 12.0. The van der Waals surface area contributed by atoms with Crippen LogP contribution < -0.4 is 16.0 Å². The van der Waals surface area contributed by atoms with Crippen LogP contribution in [0.2, 0.25) is 0 Å². The molecule has 0 spiro atoms. The summed E-state index contributed by atoms with van der Waals surface area (Å²) in [6.07, 6.45) is 0. The molecule has 0 atom stereocenters. The summed E-state index contributed by atoms with van der Waals surface area (Å²) in [5, 5.41) is 19.9. The zero-order valence-corrected chi connectivity index (χ0v) is 12.8. The van der Waals surface area contributed by atoms with Crippen molar-refractivity contribution in [3.63, 3.8) is 0 Å². The van der Waals surface area contributed by atoms with Crippen molar-refractivity contribution in [3.8, 4) is 6.07 Å². The molecule has 1 aromatic carbocycles. The first-order valence-corrected chi connectivity index (χ1v) is 7.06. The first-order chi connectivity index (χ1) is 10.1. The molecule has 21 heavy (non-hydrogen) atoms. The van der Waals surface area contributed by atoms with Crippen molar-refractivity contribution in [1.82, 2.24) is 15.6 Å². The molecule has 2 aromatic rings. The van der Waals surface area contributed by atoms with E-state index < -0.39 is 0 Å². The maximum absolute atomic E-state index is 9.25. The topological polar surface area (TPSA) is 72.8 Å². The number of anilines is 1. The largest absolute Gasteiger partial charge is 0.367 e. The van der Waals surface area contributed by atoms with Crippen LogP contribution in [0.3, 0.4) is 0 Å². The van der Waals surface area contributed by atoms with Gasteiger partial charge in [0.2, 0.25) is 0 Å². The fourth-order valence-corrected chi connectivity index (χ4v) is 2.06. The molecule has 0 unspecified atom stereocenters. The van der Waals surface area contributed by atoms with Crippen LogP contribution in [-0.2, 0) is 0 Å². The first kappa shape index (κ1) is 15.0. The molecule has 6 heteroatoms. The number of thiocarbonyl (C=S) groups is 1. The zero-order chi connectivity index (χ0) is 15.2. The highest BCUT2D eigenvalue weighted by atomic mass is 32.1. The molecule has 108 valence electrons. The van der Waals surface area contributed by atoms with Gasteiger partial charge in [0.1, 0.15) is 11.9 Å². The third-order valence-corrected chi connectivity index (χ3v) is 3.37. The lowest BCUT2D eigenvalue weighted by molar-refractivity contribution is 0.884. The Morgan fingerprint density at radius 1 is 1.33 bits per heavy atom. The molecule has 0 aliphatic heterocycles. The van der Waals surface area contributed by atoms with Crippen LogP contribution in [0, 0.1) is 18.3 Å². The van der Waals surface area contributed by atoms with Gasteiger partial charge in [-0.25, -0.2) is 4.98 Å². The van der Waals surface area contributed by atoms with Crippen LogP contribution in [0.1, 0.15) is 11.1 Å². The molecule has 2 rings (SSSR count). The van der Waals surface area contributed by atoms with E-state index in [2.05, 4.69) is 27.0 Å². The molecule has 0 aliphatic carbocycles. The lowest BCUT2D eigenvalue weighted by atomic mass is 10.1. The van der Waals surface area contributed by atoms with E-state index in [1.54, 1.807) is 7.05 Å². The number of aryl methyl sites for hydroxylation is 1. The Morgan fingerprint density at radius 3 is 2.86 bits per heavy atom. The third-order valence-electron chi connectivity index (χ3n) is 3.02. The van der Waals surface area contributed by atoms with Gasteiger partial charge in [-0.1, -0.05) is 11.6 Å². The molecule has 5 nitrogen and oxygen atoms in total. The summed E-state index contributed by atoms with van der Waals surface area (Å²) in [5.41, 5.74) is 2.57. The van der Waals surface area contributed by atoms with Crippen molar-refractivity contribution in [2.24, 2.45) is 0 Å². The van der Waals surface area contributed by atoms with E-state index in [9.17, 15) is 5.26 Å². The second-order valence-electron chi connectivity index (χ2n) is 4.63. The summed E-state index contributed by atoms with van der Waals surface area (Å²) in [6.45, 7) is 3.30. The normalized spacial score (nSPS) is 9.95. The highest BCUT2D eigenvalue weighted by Gasteiger charge is 2.06. The van der Waals surface area contributed by atoms with Gasteiger partial charge in [0.15, 0.2) is 5.11 Å². The number of fused-ring (bicyclic) bond motifs is 1. The number of pyridine rings is 1. The maximum Gasteiger partial charge on any atom is 0.166 e. The summed E-state index contributed by atoms with van der Waals surface area (Å²) < 4.78 is 0. The molecule has 1 heterocycles. The lowest BCUT2D eigenvalue weighted by Gasteiger charge is -2.10. The van der Waals surface area contributed by atoms with E-state index in [1.807, 2.05) is 31.2 Å². The minimum Gasteiger partial charge on any atom is -0.367 e. The van der Waals surface area contributed by atoms with Crippen LogP contribution in [-0.4, -0.2) is 30.2 Å². The Morgan fingerprint density at radius 2 is 2.14 bits per heavy atom. The number of benzene rings is 1. The van der Waals surface area contributed by atoms with Gasteiger partial charge >= 0.3 is 0 Å². The Balaban J connectivity index is 2.13. The number of nitrogens with one attached hydrogen (secondary N) is 3. The molecule has 0 saturated carbocycles. The molecule has 1 aromatic heterocycles. The van der Waals surface area contributed by atoms with Crippen LogP contribution in [0.4, 0.5) is 5.82 Å². The molecule has 0 amide bonds. The lowest BCUT2D eigenvalue weighted by Crippen LogP contribution is -2.35. The number of nitrogens with zero attached hydrogens (tertiary/aromatic N) is 2. The van der Waals surface area contributed by atoms with Crippen molar-refractivity contribution in [2.75, 3.05) is 25.5 Å². The van der Waals surface area contributed by atoms with Gasteiger partial charge in [-0.05, 0) is 37.3 Å². The molecule has 0 saturated heterocycles. The minimum absolute atomic E-state index is 0.546. The Bertz CT molecular complexity index is 705. The van der Waals surface area contributed by atoms with Gasteiger partial charge < -0.3 is 16.0 Å². The molecule has 0 aliphatic rings. The molecule has 0 fully saturated rings. The summed E-state index contributed by atoms with van der Waals surface area (Å²) in [7, 11) is 1.77. The Hall–Kier alpha value is -2.39. The maximum atomic E-state index is 9.25. The van der Waals surface area contributed by atoms with Crippen molar-refractivity contribution in [3.05, 3.63) is 35.4 Å². The van der Waals surface area contributed by atoms with Crippen LogP contribution in [0.5, 0.6) is 0 Å². The average Bonchev–Trinajstić information content (AvgIpc) is 2.50. The number of aromatic nitrogens is 1. The number of nitriles is 1. The van der Waals surface area contributed by atoms with Crippen molar-refractivity contribution in [1.29, 1.82) is 5.26 Å². The summed E-state index contributed by atoms with van der Waals surface area (Å²) in [5.74, 6) is 0.603. The quantitative estimate of drug-likeness (QED) is 0.592. The second kappa shape index (κ2) is 6.86. The van der Waals surface area contributed by atoms with Gasteiger partial charge in [-0.15, -0.1) is 0 Å². The summed E-state index contributed by atoms with van der Waals surface area (Å²) in [6, 6.07) is 10.1. The van der Waals surface area contributed by atoms with Crippen LogP contribution in [0.15, 0.2) is 24.3 Å². The van der Waals surface area contributed by atoms with E-state index in [-0.39, 0.29) is 0 Å². The molecular formula is C15H17N5S. The summed E-state index contributed by atoms with van der Waals surface area (Å²) in [4.78, 5) is 4.51. The fourth-order valence-electron chi connectivity index (χ4n) is 1.96. The smallest absolute Gasteiger partial charge is 0.166 e. The van der Waals surface area contributed by atoms with Crippen molar-refractivity contribution < 1.29 is 0 Å². The van der Waals surface area contributed by atoms with Crippen LogP contribution in [0.25, 0.3) is 10.9 Å². The number of rotatable bonds is 4. The van der Waals surface area contributed by atoms with E-state index in [0.717, 1.165) is 16.5 Å². The fraction of sp³-hybridized carbons (Fsp3) is 0.267. The Kier molecular flexibility index (Phi) is 4.90. The highest BCUT2D eigenvalue weighted by molar-refractivity contribution is 7.80. The predicted molar refractivity (Wildman–Crippen MR) is 89.3 cm³/mol. The standard InChI is InChI=1S/C15H17N5S/c1-10-3-4-13-11(7-10)8-12(9-16)14(20-13)18-5-6-19-15(21)17-2/h3-4,7-8H,5-6H2,1-2H3,(H,18,20)(H2,17,19,21). The van der Waals surface area contributed by atoms with Crippen molar-refractivity contribution in [2.45, 2.75) is 6.92 Å². The van der Waals surface area contributed by atoms with E-state index in [1.165, 1.54) is 0 Å². The van der Waals surface area contributed by atoms with Gasteiger partial charge in [0.25, 0.3) is 0 Å².